The van der Waals surface area contributed by atoms with Gasteiger partial charge in [-0.2, -0.15) is 0 Å². The Bertz CT molecular complexity index is 693. The van der Waals surface area contributed by atoms with E-state index in [1.165, 1.54) is 0 Å². The van der Waals surface area contributed by atoms with E-state index in [0.29, 0.717) is 6.29 Å². The van der Waals surface area contributed by atoms with E-state index in [4.69, 9.17) is 11.5 Å². The molecule has 3 nitrogen and oxygen atoms in total. The summed E-state index contributed by atoms with van der Waals surface area (Å²) in [6.45, 7) is -2.04. The van der Waals surface area contributed by atoms with Crippen molar-refractivity contribution in [2.75, 3.05) is 6.54 Å². The molecule has 1 atom stereocenters. The first kappa shape index (κ1) is 7.04. The number of nitrogens with two attached hydrogens (primary N) is 2. The summed E-state index contributed by atoms with van der Waals surface area (Å²) in [6, 6.07) is -0.468. The van der Waals surface area contributed by atoms with E-state index in [-0.39, 0.29) is 6.54 Å². The summed E-state index contributed by atoms with van der Waals surface area (Å²) in [6.07, 6.45) is 0.625. The van der Waals surface area contributed by atoms with Crippen LogP contribution in [0.1, 0.15) is 0 Å². The fourth-order valence-corrected chi connectivity index (χ4v) is 88.0. The second-order valence-corrected chi connectivity index (χ2v) is 34.5. The molecule has 0 aliphatic carbocycles. The molecule has 4 heteroatoms. The predicted octanol–water partition coefficient (Wildman–Crippen LogP) is 1.85. The van der Waals surface area contributed by atoms with Crippen molar-refractivity contribution in [3.63, 3.8) is 0 Å². The van der Waals surface area contributed by atoms with Gasteiger partial charge in [0.2, 0.25) is 0 Å². The average Bonchev–Trinajstić information content (AvgIpc) is 3.31. The Labute approximate surface area is 90.0 Å². The molecule has 94 valence electrons. The number of hydrogen-bond donors (Lipinski definition) is 2. The molecule has 0 aromatic rings. The molecule has 0 saturated carbocycles. The standard InChI is InChI=1S/2C5H5.C3H8N2O.Fe/c2*1-2-4-5-3-1;4-1-3(5)2-6;/h2*1-5H;2-3H,1,4-5H2;. The molecule has 10 saturated heterocycles. The van der Waals surface area contributed by atoms with Gasteiger partial charge in [-0.3, -0.25) is 0 Å². The van der Waals surface area contributed by atoms with E-state index in [1.807, 2.05) is 0 Å². The first-order valence-electron chi connectivity index (χ1n) is 7.09. The fraction of sp³-hybridized carbons (Fsp3) is 0.923. The Morgan fingerprint density at radius 2 is 1.18 bits per heavy atom. The third-order valence-corrected chi connectivity index (χ3v) is 56.9. The van der Waals surface area contributed by atoms with Crippen LogP contribution in [0.25, 0.3) is 0 Å². The van der Waals surface area contributed by atoms with E-state index in [0.717, 1.165) is 0 Å². The first-order valence-corrected chi connectivity index (χ1v) is 13.5. The van der Waals surface area contributed by atoms with E-state index in [1.54, 1.807) is 48.2 Å². The van der Waals surface area contributed by atoms with Gasteiger partial charge in [-0.1, -0.05) is 0 Å². The van der Waals surface area contributed by atoms with Crippen molar-refractivity contribution in [1.82, 2.24) is 0 Å². The van der Waals surface area contributed by atoms with Gasteiger partial charge in [-0.15, -0.1) is 0 Å². The summed E-state index contributed by atoms with van der Waals surface area (Å²) in [4.78, 5) is 25.4. The van der Waals surface area contributed by atoms with Crippen LogP contribution in [-0.2, 0) is 11.3 Å². The monoisotopic (exact) mass is 274 g/mol. The molecule has 10 aliphatic rings. The summed E-state index contributed by atoms with van der Waals surface area (Å²) in [5, 5.41) is 0. The van der Waals surface area contributed by atoms with Crippen molar-refractivity contribution in [2.24, 2.45) is 11.5 Å². The van der Waals surface area contributed by atoms with Gasteiger partial charge in [0.15, 0.2) is 0 Å². The van der Waals surface area contributed by atoms with Gasteiger partial charge >= 0.3 is 54.7 Å². The van der Waals surface area contributed by atoms with Crippen molar-refractivity contribution < 1.29 is 11.3 Å². The Balaban J connectivity index is 0.0000000947. The number of aldehydes is 1. The zero-order valence-electron chi connectivity index (χ0n) is 9.55. The van der Waals surface area contributed by atoms with Crippen LogP contribution in [0.15, 0.2) is 0 Å². The second kappa shape index (κ2) is 0.573. The molecule has 4 N–H and O–H groups in total. The predicted molar refractivity (Wildman–Crippen MR) is 60.6 cm³/mol. The number of hydrogen-bond acceptors (Lipinski definition) is 3. The normalized spacial score (nSPS) is 115. The van der Waals surface area contributed by atoms with Crippen molar-refractivity contribution in [1.29, 1.82) is 0 Å². The summed E-state index contributed by atoms with van der Waals surface area (Å²) in [5.41, 5.74) is 9.91. The van der Waals surface area contributed by atoms with Crippen LogP contribution >= 0.6 is 0 Å². The SMILES string of the molecule is NCC(N)C=O.[CH]12[CH]3[CH]4[CH]5[CH]1[Fe]23451678[CH]2[CH]1[CH]6[CH]7[CH]28. The van der Waals surface area contributed by atoms with Gasteiger partial charge < -0.3 is 16.3 Å². The summed E-state index contributed by atoms with van der Waals surface area (Å²) >= 11 is 0. The number of carbonyl (C=O) groups excluding carboxylic acids is 1. The molecule has 1 spiro atoms. The van der Waals surface area contributed by atoms with Gasteiger partial charge in [-0.05, 0) is 0 Å². The van der Waals surface area contributed by atoms with E-state index >= 15 is 0 Å². The van der Waals surface area contributed by atoms with Gasteiger partial charge in [-0.25, -0.2) is 0 Å². The van der Waals surface area contributed by atoms with Crippen LogP contribution in [0.4, 0.5) is 0 Å². The van der Waals surface area contributed by atoms with E-state index < -0.39 is 12.6 Å². The Kier molecular flexibility index (Phi) is 0.237. The number of rotatable bonds is 2. The summed E-state index contributed by atoms with van der Waals surface area (Å²) < 4.78 is 0. The molecule has 1 unspecified atom stereocenters. The zero-order chi connectivity index (χ0) is 11.1. The molecule has 0 radical (unpaired) electrons. The third kappa shape index (κ3) is 0.0770. The molecule has 17 heavy (non-hydrogen) atoms. The number of fused-ring (bicyclic) bond motifs is 10. The van der Waals surface area contributed by atoms with Gasteiger partial charge in [0.05, 0.1) is 6.04 Å². The quantitative estimate of drug-likeness (QED) is 0.596. The van der Waals surface area contributed by atoms with Gasteiger partial charge in [0, 0.05) is 6.54 Å². The Morgan fingerprint density at radius 1 is 0.882 bits per heavy atom. The van der Waals surface area contributed by atoms with Crippen LogP contribution in [0.2, 0.25) is 48.2 Å². The number of carbonyl (C=O) groups is 1. The van der Waals surface area contributed by atoms with E-state index in [9.17, 15) is 4.79 Å². The van der Waals surface area contributed by atoms with Crippen LogP contribution in [0, 0.1) is 0 Å². The molecular weight excluding hydrogens is 256 g/mol. The molecule has 10 aliphatic heterocycles. The Hall–Kier alpha value is 0.109. The van der Waals surface area contributed by atoms with Gasteiger partial charge in [0.1, 0.15) is 6.29 Å². The topological polar surface area (TPSA) is 69.1 Å². The van der Waals surface area contributed by atoms with Crippen LogP contribution in [-0.4, -0.2) is 18.9 Å². The van der Waals surface area contributed by atoms with Crippen molar-refractivity contribution in [3.05, 3.63) is 0 Å². The van der Waals surface area contributed by atoms with Crippen LogP contribution in [0.5, 0.6) is 0 Å². The molecule has 0 amide bonds. The maximum absolute atomic E-state index is 9.53. The summed E-state index contributed by atoms with van der Waals surface area (Å²) in [7, 11) is 0. The molecule has 0 bridgehead atoms. The average molecular weight is 274 g/mol. The second-order valence-electron chi connectivity index (χ2n) is 10.6. The van der Waals surface area contributed by atoms with Crippen LogP contribution in [0.3, 0.4) is 0 Å². The minimum atomic E-state index is -2.28. The van der Waals surface area contributed by atoms with Crippen molar-refractivity contribution >= 4 is 6.29 Å². The minimum absolute atomic E-state index is 0.240. The zero-order valence-corrected chi connectivity index (χ0v) is 10.7. The summed E-state index contributed by atoms with van der Waals surface area (Å²) in [5.74, 6) is 0. The fourth-order valence-electron chi connectivity index (χ4n) is 15.9. The molecular formula is C13H18FeN2O. The van der Waals surface area contributed by atoms with Gasteiger partial charge in [0.25, 0.3) is 0 Å². The molecule has 0 aromatic carbocycles. The molecule has 10 heterocycles. The van der Waals surface area contributed by atoms with Crippen LogP contribution < -0.4 is 11.5 Å². The van der Waals surface area contributed by atoms with E-state index in [2.05, 4.69) is 0 Å². The van der Waals surface area contributed by atoms with Crippen molar-refractivity contribution in [2.45, 2.75) is 54.2 Å². The molecule has 0 aromatic heterocycles. The first-order chi connectivity index (χ1) is 7.97. The maximum atomic E-state index is 9.53. The molecule has 10 rings (SSSR count). The third-order valence-electron chi connectivity index (χ3n) is 15.0. The molecule has 10 fully saturated rings. The van der Waals surface area contributed by atoms with Crippen molar-refractivity contribution in [3.8, 4) is 0 Å². The Morgan fingerprint density at radius 3 is 1.18 bits per heavy atom.